The van der Waals surface area contributed by atoms with Crippen LogP contribution in [0, 0.1) is 5.92 Å². The standard InChI is InChI=1S/C21H25.C10H17Si.C7H6.2ClH.Zr/c1-20(2,3)16-7-9-18-14(12-16)11-15-13-17(21(4,5)6)8-10-19(15)18;1-8-6-9(2)10(7-8)11(3,4)5;1-7-5-3-2-4-6-7;;;/h7-13H,1-6H3;7-8H,1-5H3;1-6H;2*1H;/q;;;;;+2/p-2. The largest absolute Gasteiger partial charge is 1.00 e. The van der Waals surface area contributed by atoms with Gasteiger partial charge in [-0.2, -0.15) is 0 Å². The van der Waals surface area contributed by atoms with Crippen molar-refractivity contribution < 1.29 is 46.1 Å². The van der Waals surface area contributed by atoms with Gasteiger partial charge in [-0.05, 0) is 0 Å². The molecule has 222 valence electrons. The Balaban J connectivity index is 0.00000242. The van der Waals surface area contributed by atoms with E-state index < -0.39 is 29.3 Å². The molecule has 3 aromatic carbocycles. The van der Waals surface area contributed by atoms with Crippen LogP contribution in [0.3, 0.4) is 0 Å². The number of halogens is 2. The summed E-state index contributed by atoms with van der Waals surface area (Å²) in [6, 6.07) is 26.1. The Hall–Kier alpha value is -1.31. The average Bonchev–Trinajstić information content (AvgIpc) is 3.35. The van der Waals surface area contributed by atoms with Crippen molar-refractivity contribution in [2.45, 2.75) is 89.5 Å². The van der Waals surface area contributed by atoms with Gasteiger partial charge in [-0.15, -0.1) is 0 Å². The van der Waals surface area contributed by atoms with Gasteiger partial charge in [0.2, 0.25) is 0 Å². The number of hydrogen-bond donors (Lipinski definition) is 0. The average molecular weight is 695 g/mol. The van der Waals surface area contributed by atoms with Gasteiger partial charge >= 0.3 is 254 Å². The molecule has 1 unspecified atom stereocenters. The third-order valence-corrected chi connectivity index (χ3v) is 19.3. The third kappa shape index (κ3) is 6.68. The Labute approximate surface area is 277 Å². The second kappa shape index (κ2) is 12.6. The minimum Gasteiger partial charge on any atom is -1.00 e. The Morgan fingerprint density at radius 1 is 0.714 bits per heavy atom. The van der Waals surface area contributed by atoms with E-state index in [9.17, 15) is 0 Å². The summed E-state index contributed by atoms with van der Waals surface area (Å²) in [4.78, 5) is 0. The number of allylic oxidation sites excluding steroid dienone is 4. The van der Waals surface area contributed by atoms with Crippen LogP contribution in [0.25, 0.3) is 11.1 Å². The van der Waals surface area contributed by atoms with E-state index >= 15 is 0 Å². The third-order valence-electron chi connectivity index (χ3n) is 8.98. The van der Waals surface area contributed by atoms with E-state index in [0.717, 1.165) is 0 Å². The Morgan fingerprint density at radius 2 is 1.19 bits per heavy atom. The first-order chi connectivity index (χ1) is 18.6. The smallest absolute Gasteiger partial charge is 1.00 e. The topological polar surface area (TPSA) is 0 Å². The summed E-state index contributed by atoms with van der Waals surface area (Å²) < 4.78 is 5.09. The number of hydrogen-bond acceptors (Lipinski definition) is 0. The van der Waals surface area contributed by atoms with Crippen LogP contribution >= 0.6 is 0 Å². The van der Waals surface area contributed by atoms with Gasteiger partial charge in [0.1, 0.15) is 0 Å². The van der Waals surface area contributed by atoms with Crippen LogP contribution in [0.1, 0.15) is 86.8 Å². The molecule has 0 heterocycles. The molecule has 2 aliphatic carbocycles. The molecule has 0 N–H and O–H groups in total. The molecule has 0 nitrogen and oxygen atoms in total. The Kier molecular flexibility index (Phi) is 10.5. The van der Waals surface area contributed by atoms with Crippen LogP contribution < -0.4 is 24.8 Å². The van der Waals surface area contributed by atoms with E-state index in [2.05, 4.69) is 152 Å². The van der Waals surface area contributed by atoms with Crippen molar-refractivity contribution in [3.8, 4) is 11.1 Å². The van der Waals surface area contributed by atoms with Gasteiger partial charge in [0.05, 0.1) is 0 Å². The number of benzene rings is 3. The van der Waals surface area contributed by atoms with Crippen molar-refractivity contribution in [1.82, 2.24) is 0 Å². The van der Waals surface area contributed by atoms with Crippen LogP contribution in [0.5, 0.6) is 0 Å². The fourth-order valence-electron chi connectivity index (χ4n) is 6.81. The molecular formula is C38H48Cl2SiZr. The van der Waals surface area contributed by atoms with Gasteiger partial charge in [-0.3, -0.25) is 0 Å². The van der Waals surface area contributed by atoms with Crippen molar-refractivity contribution >= 4 is 11.8 Å². The predicted octanol–water partition coefficient (Wildman–Crippen LogP) is 4.56. The summed E-state index contributed by atoms with van der Waals surface area (Å²) in [7, 11) is -1.44. The molecule has 0 aromatic heterocycles. The summed E-state index contributed by atoms with van der Waals surface area (Å²) in [5, 5.41) is 1.69. The summed E-state index contributed by atoms with van der Waals surface area (Å²) in [6.07, 6.45) is 2.66. The van der Waals surface area contributed by atoms with Crippen molar-refractivity contribution in [2.75, 3.05) is 0 Å². The van der Waals surface area contributed by atoms with Gasteiger partial charge in [-0.25, -0.2) is 0 Å². The SMILES string of the molecule is CC1=[C](/[Zr+2](=[CH]\c2ccccc2)[CH]2c3cc(C(C)(C)C)ccc3-c3ccc(C(C)(C)C)cc32)C(C)C=C1[Si](C)(C)C.[Cl-].[Cl-]. The molecule has 5 rings (SSSR count). The zero-order valence-corrected chi connectivity index (χ0v) is 32.4. The molecule has 0 radical (unpaired) electrons. The summed E-state index contributed by atoms with van der Waals surface area (Å²) in [5.74, 6) is 0.528. The predicted molar refractivity (Wildman–Crippen MR) is 176 cm³/mol. The van der Waals surface area contributed by atoms with Crippen molar-refractivity contribution in [1.29, 1.82) is 0 Å². The summed E-state index contributed by atoms with van der Waals surface area (Å²) in [5.41, 5.74) is 12.3. The molecule has 2 aliphatic rings. The molecule has 0 saturated heterocycles. The van der Waals surface area contributed by atoms with Gasteiger partial charge < -0.3 is 24.8 Å². The van der Waals surface area contributed by atoms with Crippen LogP contribution in [0.4, 0.5) is 0 Å². The molecular weight excluding hydrogens is 647 g/mol. The second-order valence-corrected chi connectivity index (χ2v) is 25.9. The molecule has 0 amide bonds. The Morgan fingerprint density at radius 3 is 1.60 bits per heavy atom. The monoisotopic (exact) mass is 692 g/mol. The van der Waals surface area contributed by atoms with Crippen LogP contribution in [-0.4, -0.2) is 11.8 Å². The maximum absolute atomic E-state index is 2.79. The number of fused-ring (bicyclic) bond motifs is 3. The second-order valence-electron chi connectivity index (χ2n) is 15.2. The molecule has 0 bridgehead atoms. The Bertz CT molecular complexity index is 1490. The quantitative estimate of drug-likeness (QED) is 0.352. The minimum atomic E-state index is -2.51. The van der Waals surface area contributed by atoms with Crippen LogP contribution in [0.2, 0.25) is 19.6 Å². The molecule has 3 aromatic rings. The first-order valence-electron chi connectivity index (χ1n) is 15.1. The van der Waals surface area contributed by atoms with E-state index in [-0.39, 0.29) is 35.6 Å². The zero-order valence-electron chi connectivity index (χ0n) is 27.4. The first-order valence-corrected chi connectivity index (χ1v) is 22.6. The molecule has 0 aliphatic heterocycles. The van der Waals surface area contributed by atoms with E-state index in [0.29, 0.717) is 9.54 Å². The van der Waals surface area contributed by atoms with Gasteiger partial charge in [-0.1, -0.05) is 0 Å². The maximum atomic E-state index is 2.79. The molecule has 1 atom stereocenters. The first kappa shape index (κ1) is 35.2. The van der Waals surface area contributed by atoms with Gasteiger partial charge in [0, 0.05) is 0 Å². The molecule has 4 heteroatoms. The van der Waals surface area contributed by atoms with Crippen LogP contribution in [-0.2, 0) is 32.1 Å². The minimum absolute atomic E-state index is 0. The van der Waals surface area contributed by atoms with Crippen molar-refractivity contribution in [3.63, 3.8) is 0 Å². The van der Waals surface area contributed by atoms with E-state index in [1.807, 2.05) is 3.28 Å². The van der Waals surface area contributed by atoms with E-state index in [1.54, 1.807) is 21.9 Å². The molecule has 42 heavy (non-hydrogen) atoms. The number of rotatable bonds is 4. The summed E-state index contributed by atoms with van der Waals surface area (Å²) >= 11 is -2.51. The molecule has 0 spiro atoms. The normalized spacial score (nSPS) is 16.9. The van der Waals surface area contributed by atoms with Crippen LogP contribution in [0.15, 0.2) is 86.9 Å². The van der Waals surface area contributed by atoms with Gasteiger partial charge in [0.25, 0.3) is 0 Å². The maximum Gasteiger partial charge on any atom is -1.00 e. The fourth-order valence-corrected chi connectivity index (χ4v) is 17.8. The zero-order chi connectivity index (χ0) is 29.2. The molecule has 0 fully saturated rings. The summed E-state index contributed by atoms with van der Waals surface area (Å²) in [6.45, 7) is 26.7. The fraction of sp³-hybridized carbons (Fsp3) is 0.395. The van der Waals surface area contributed by atoms with Gasteiger partial charge in [0.15, 0.2) is 0 Å². The van der Waals surface area contributed by atoms with Crippen molar-refractivity contribution in [3.05, 3.63) is 115 Å². The molecule has 0 saturated carbocycles. The van der Waals surface area contributed by atoms with E-state index in [1.165, 1.54) is 27.8 Å². The van der Waals surface area contributed by atoms with Crippen molar-refractivity contribution in [2.24, 2.45) is 5.92 Å². The van der Waals surface area contributed by atoms with E-state index in [4.69, 9.17) is 0 Å².